The number of methoxy groups -OCH3 is 2. The second-order valence-corrected chi connectivity index (χ2v) is 6.88. The number of para-hydroxylation sites is 1. The van der Waals surface area contributed by atoms with Gasteiger partial charge in [0.1, 0.15) is 22.2 Å². The Labute approximate surface area is 135 Å². The van der Waals surface area contributed by atoms with Crippen LogP contribution in [0.4, 0.5) is 4.39 Å². The zero-order valence-corrected chi connectivity index (χ0v) is 13.9. The molecule has 7 heteroatoms. The molecule has 0 amide bonds. The predicted octanol–water partition coefficient (Wildman–Crippen LogP) is 2.66. The number of ether oxygens (including phenoxy) is 2. The highest BCUT2D eigenvalue weighted by atomic mass is 32.2. The summed E-state index contributed by atoms with van der Waals surface area (Å²) in [6.07, 6.45) is 0. The summed E-state index contributed by atoms with van der Waals surface area (Å²) >= 11 is 0. The fourth-order valence-electron chi connectivity index (χ4n) is 2.18. The molecule has 0 radical (unpaired) electrons. The highest BCUT2D eigenvalue weighted by molar-refractivity contribution is 7.89. The fourth-order valence-corrected chi connectivity index (χ4v) is 3.49. The van der Waals surface area contributed by atoms with Crippen LogP contribution in [0.5, 0.6) is 11.5 Å². The molecule has 0 unspecified atom stereocenters. The van der Waals surface area contributed by atoms with Crippen LogP contribution >= 0.6 is 0 Å². The third kappa shape index (κ3) is 3.62. The lowest BCUT2D eigenvalue weighted by atomic mass is 10.2. The van der Waals surface area contributed by atoms with Gasteiger partial charge in [-0.2, -0.15) is 4.31 Å². The average molecular weight is 339 g/mol. The summed E-state index contributed by atoms with van der Waals surface area (Å²) in [4.78, 5) is -0.211. The van der Waals surface area contributed by atoms with Crippen molar-refractivity contribution < 1.29 is 22.3 Å². The van der Waals surface area contributed by atoms with E-state index < -0.39 is 15.8 Å². The van der Waals surface area contributed by atoms with E-state index in [2.05, 4.69) is 0 Å². The molecule has 2 aromatic rings. The van der Waals surface area contributed by atoms with Crippen LogP contribution < -0.4 is 9.47 Å². The van der Waals surface area contributed by atoms with Crippen LogP contribution in [0.25, 0.3) is 0 Å². The van der Waals surface area contributed by atoms with Crippen LogP contribution in [0.2, 0.25) is 0 Å². The van der Waals surface area contributed by atoms with Crippen molar-refractivity contribution in [1.29, 1.82) is 0 Å². The smallest absolute Gasteiger partial charge is 0.246 e. The van der Waals surface area contributed by atoms with Crippen LogP contribution in [0, 0.1) is 5.82 Å². The third-order valence-corrected chi connectivity index (χ3v) is 5.22. The van der Waals surface area contributed by atoms with E-state index in [0.717, 1.165) is 16.4 Å². The predicted molar refractivity (Wildman–Crippen MR) is 84.6 cm³/mol. The van der Waals surface area contributed by atoms with Gasteiger partial charge in [-0.05, 0) is 24.3 Å². The van der Waals surface area contributed by atoms with Gasteiger partial charge in [0, 0.05) is 19.2 Å². The molecule has 0 spiro atoms. The molecular formula is C16H18FNO4S. The SMILES string of the molecule is COc1ccccc1CN(C)S(=O)(=O)c1cc(F)ccc1OC. The second kappa shape index (κ2) is 6.97. The zero-order chi connectivity index (χ0) is 17.0. The molecule has 0 aliphatic heterocycles. The molecule has 23 heavy (non-hydrogen) atoms. The molecule has 0 saturated carbocycles. The maximum atomic E-state index is 13.5. The number of benzene rings is 2. The van der Waals surface area contributed by atoms with Crippen molar-refractivity contribution in [3.8, 4) is 11.5 Å². The summed E-state index contributed by atoms with van der Waals surface area (Å²) in [6, 6.07) is 10.5. The van der Waals surface area contributed by atoms with Crippen molar-refractivity contribution in [2.45, 2.75) is 11.4 Å². The molecule has 2 aromatic carbocycles. The Kier molecular flexibility index (Phi) is 5.23. The number of hydrogen-bond donors (Lipinski definition) is 0. The van der Waals surface area contributed by atoms with Gasteiger partial charge >= 0.3 is 0 Å². The van der Waals surface area contributed by atoms with Crippen molar-refractivity contribution in [3.63, 3.8) is 0 Å². The molecule has 0 aliphatic rings. The van der Waals surface area contributed by atoms with E-state index >= 15 is 0 Å². The normalized spacial score (nSPS) is 11.5. The van der Waals surface area contributed by atoms with E-state index in [1.807, 2.05) is 0 Å². The lowest BCUT2D eigenvalue weighted by Crippen LogP contribution is -2.27. The van der Waals surface area contributed by atoms with E-state index in [4.69, 9.17) is 9.47 Å². The van der Waals surface area contributed by atoms with Crippen LogP contribution in [-0.2, 0) is 16.6 Å². The minimum Gasteiger partial charge on any atom is -0.496 e. The third-order valence-electron chi connectivity index (χ3n) is 3.40. The molecule has 0 saturated heterocycles. The van der Waals surface area contributed by atoms with Gasteiger partial charge in [-0.15, -0.1) is 0 Å². The van der Waals surface area contributed by atoms with Crippen molar-refractivity contribution >= 4 is 10.0 Å². The van der Waals surface area contributed by atoms with E-state index in [0.29, 0.717) is 11.3 Å². The summed E-state index contributed by atoms with van der Waals surface area (Å²) in [6.45, 7) is 0.0893. The first kappa shape index (κ1) is 17.2. The second-order valence-electron chi connectivity index (χ2n) is 4.87. The zero-order valence-electron chi connectivity index (χ0n) is 13.1. The minimum absolute atomic E-state index is 0.0893. The van der Waals surface area contributed by atoms with Crippen LogP contribution in [-0.4, -0.2) is 34.0 Å². The highest BCUT2D eigenvalue weighted by Gasteiger charge is 2.26. The minimum atomic E-state index is -3.91. The van der Waals surface area contributed by atoms with Gasteiger partial charge in [0.25, 0.3) is 0 Å². The Hall–Kier alpha value is -2.12. The Balaban J connectivity index is 2.38. The van der Waals surface area contributed by atoms with Gasteiger partial charge < -0.3 is 9.47 Å². The van der Waals surface area contributed by atoms with Crippen LogP contribution in [0.1, 0.15) is 5.56 Å². The van der Waals surface area contributed by atoms with Crippen LogP contribution in [0.3, 0.4) is 0 Å². The largest absolute Gasteiger partial charge is 0.496 e. The molecular weight excluding hydrogens is 321 g/mol. The van der Waals surface area contributed by atoms with E-state index in [1.165, 1.54) is 27.3 Å². The summed E-state index contributed by atoms with van der Waals surface area (Å²) in [5, 5.41) is 0. The Morgan fingerprint density at radius 1 is 1.04 bits per heavy atom. The van der Waals surface area contributed by atoms with Crippen molar-refractivity contribution in [3.05, 3.63) is 53.8 Å². The molecule has 0 aliphatic carbocycles. The Bertz CT molecular complexity index is 792. The number of sulfonamides is 1. The highest BCUT2D eigenvalue weighted by Crippen LogP contribution is 2.28. The summed E-state index contributed by atoms with van der Waals surface area (Å²) in [5.41, 5.74) is 0.705. The van der Waals surface area contributed by atoms with E-state index in [-0.39, 0.29) is 17.2 Å². The number of hydrogen-bond acceptors (Lipinski definition) is 4. The first-order chi connectivity index (χ1) is 10.9. The molecule has 0 atom stereocenters. The lowest BCUT2D eigenvalue weighted by Gasteiger charge is -2.20. The molecule has 0 aromatic heterocycles. The van der Waals surface area contributed by atoms with Gasteiger partial charge in [0.05, 0.1) is 14.2 Å². The lowest BCUT2D eigenvalue weighted by molar-refractivity contribution is 0.390. The summed E-state index contributed by atoms with van der Waals surface area (Å²) in [5.74, 6) is 0.0362. The standard InChI is InChI=1S/C16H18FNO4S/c1-18(11-12-6-4-5-7-14(12)21-2)23(19,20)16-10-13(17)8-9-15(16)22-3/h4-10H,11H2,1-3H3. The summed E-state index contributed by atoms with van der Waals surface area (Å²) in [7, 11) is 0.365. The van der Waals surface area contributed by atoms with Gasteiger partial charge in [0.15, 0.2) is 0 Å². The van der Waals surface area contributed by atoms with Gasteiger partial charge in [-0.1, -0.05) is 18.2 Å². The van der Waals surface area contributed by atoms with Crippen molar-refractivity contribution in [1.82, 2.24) is 4.31 Å². The molecule has 2 rings (SSSR count). The monoisotopic (exact) mass is 339 g/mol. The molecule has 0 bridgehead atoms. The number of rotatable bonds is 6. The van der Waals surface area contributed by atoms with E-state index in [9.17, 15) is 12.8 Å². The molecule has 5 nitrogen and oxygen atoms in total. The average Bonchev–Trinajstić information content (AvgIpc) is 2.55. The molecule has 0 N–H and O–H groups in total. The first-order valence-electron chi connectivity index (χ1n) is 6.82. The topological polar surface area (TPSA) is 55.8 Å². The maximum absolute atomic E-state index is 13.5. The van der Waals surface area contributed by atoms with Crippen molar-refractivity contribution in [2.24, 2.45) is 0 Å². The molecule has 0 fully saturated rings. The number of halogens is 1. The summed E-state index contributed by atoms with van der Waals surface area (Å²) < 4.78 is 50.3. The van der Waals surface area contributed by atoms with E-state index in [1.54, 1.807) is 24.3 Å². The number of nitrogens with zero attached hydrogens (tertiary/aromatic N) is 1. The Morgan fingerprint density at radius 3 is 2.35 bits per heavy atom. The van der Waals surface area contributed by atoms with Gasteiger partial charge in [0.2, 0.25) is 10.0 Å². The Morgan fingerprint density at radius 2 is 1.70 bits per heavy atom. The maximum Gasteiger partial charge on any atom is 0.246 e. The quantitative estimate of drug-likeness (QED) is 0.812. The van der Waals surface area contributed by atoms with Crippen molar-refractivity contribution in [2.75, 3.05) is 21.3 Å². The molecule has 0 heterocycles. The van der Waals surface area contributed by atoms with Crippen LogP contribution in [0.15, 0.2) is 47.4 Å². The van der Waals surface area contributed by atoms with Gasteiger partial charge in [-0.3, -0.25) is 0 Å². The fraction of sp³-hybridized carbons (Fsp3) is 0.250. The first-order valence-corrected chi connectivity index (χ1v) is 8.26. The van der Waals surface area contributed by atoms with Gasteiger partial charge in [-0.25, -0.2) is 12.8 Å². The molecule has 124 valence electrons.